The summed E-state index contributed by atoms with van der Waals surface area (Å²) in [4.78, 5) is 8.88. The van der Waals surface area contributed by atoms with Gasteiger partial charge in [0.1, 0.15) is 41.0 Å². The summed E-state index contributed by atoms with van der Waals surface area (Å²) >= 11 is 0. The van der Waals surface area contributed by atoms with Gasteiger partial charge in [0.15, 0.2) is 5.75 Å². The molecule has 300 valence electrons. The minimum atomic E-state index is -4.30. The summed E-state index contributed by atoms with van der Waals surface area (Å²) in [6, 6.07) is 45.0. The van der Waals surface area contributed by atoms with Crippen LogP contribution in [0.2, 0.25) is 0 Å². The Morgan fingerprint density at radius 3 is 1.58 bits per heavy atom. The highest BCUT2D eigenvalue weighted by atomic mass is 32.2. The minimum absolute atomic E-state index is 0.0477. The van der Waals surface area contributed by atoms with Gasteiger partial charge in [0, 0.05) is 23.5 Å². The van der Waals surface area contributed by atoms with E-state index in [2.05, 4.69) is 30.7 Å². The van der Waals surface area contributed by atoms with Crippen LogP contribution < -0.4 is 18.4 Å². The van der Waals surface area contributed by atoms with Crippen molar-refractivity contribution in [2.24, 2.45) is 0 Å². The Morgan fingerprint density at radius 2 is 1.05 bits per heavy atom. The summed E-state index contributed by atoms with van der Waals surface area (Å²) in [6.45, 7) is 12.8. The fourth-order valence-corrected chi connectivity index (χ4v) is 7.55. The van der Waals surface area contributed by atoms with Crippen LogP contribution in [-0.4, -0.2) is 24.0 Å². The molecule has 59 heavy (non-hydrogen) atoms. The lowest BCUT2D eigenvalue weighted by molar-refractivity contribution is 0.131. The van der Waals surface area contributed by atoms with Gasteiger partial charge >= 0.3 is 10.1 Å². The van der Waals surface area contributed by atoms with Crippen molar-refractivity contribution >= 4 is 10.1 Å². The van der Waals surface area contributed by atoms with Crippen molar-refractivity contribution in [2.45, 2.75) is 70.7 Å². The molecule has 0 aliphatic heterocycles. The van der Waals surface area contributed by atoms with E-state index in [0.717, 1.165) is 39.2 Å². The molecule has 5 aromatic carbocycles. The lowest BCUT2D eigenvalue weighted by Crippen LogP contribution is -2.22. The number of ether oxygens (including phenoxy) is 3. The van der Waals surface area contributed by atoms with Gasteiger partial charge in [-0.1, -0.05) is 81.4 Å². The van der Waals surface area contributed by atoms with Crippen LogP contribution in [-0.2, 0) is 28.7 Å². The Morgan fingerprint density at radius 1 is 0.525 bits per heavy atom. The predicted molar refractivity (Wildman–Crippen MR) is 233 cm³/mol. The third-order valence-electron chi connectivity index (χ3n) is 9.42. The van der Waals surface area contributed by atoms with E-state index in [-0.39, 0.29) is 29.3 Å². The van der Waals surface area contributed by atoms with Crippen LogP contribution in [0, 0.1) is 0 Å². The van der Waals surface area contributed by atoms with Crippen LogP contribution in [0.15, 0.2) is 163 Å². The van der Waals surface area contributed by atoms with Crippen LogP contribution in [0.25, 0.3) is 33.4 Å². The fraction of sp³-hybridized carbons (Fsp3) is 0.200. The summed E-state index contributed by atoms with van der Waals surface area (Å²) in [5.74, 6) is 2.03. The molecule has 9 heteroatoms. The van der Waals surface area contributed by atoms with Gasteiger partial charge in [-0.15, -0.1) is 0 Å². The zero-order chi connectivity index (χ0) is 41.6. The zero-order valence-electron chi connectivity index (χ0n) is 34.2. The highest BCUT2D eigenvalue weighted by molar-refractivity contribution is 7.87. The van der Waals surface area contributed by atoms with Gasteiger partial charge in [-0.2, -0.15) is 8.42 Å². The van der Waals surface area contributed by atoms with Crippen molar-refractivity contribution in [3.63, 3.8) is 0 Å². The molecular weight excluding hydrogens is 757 g/mol. The second-order valence-corrected chi connectivity index (χ2v) is 17.7. The van der Waals surface area contributed by atoms with Crippen molar-refractivity contribution in [2.75, 3.05) is 0 Å². The summed E-state index contributed by atoms with van der Waals surface area (Å²) in [6.07, 6.45) is 3.46. The second-order valence-electron chi connectivity index (χ2n) is 16.2. The van der Waals surface area contributed by atoms with E-state index in [0.29, 0.717) is 28.4 Å². The van der Waals surface area contributed by atoms with E-state index < -0.39 is 15.7 Å². The molecule has 0 aliphatic rings. The van der Waals surface area contributed by atoms with Gasteiger partial charge in [0.2, 0.25) is 0 Å². The zero-order valence-corrected chi connectivity index (χ0v) is 35.0. The first-order chi connectivity index (χ1) is 28.2. The molecule has 2 heterocycles. The minimum Gasteiger partial charge on any atom is -0.488 e. The van der Waals surface area contributed by atoms with Crippen LogP contribution in [0.3, 0.4) is 0 Å². The average molecular weight is 805 g/mol. The second kappa shape index (κ2) is 17.2. The molecule has 7 rings (SSSR count). The topological polar surface area (TPSA) is 96.8 Å². The van der Waals surface area contributed by atoms with Gasteiger partial charge in [0.05, 0.1) is 11.4 Å². The number of pyridine rings is 2. The first-order valence-electron chi connectivity index (χ1n) is 19.5. The van der Waals surface area contributed by atoms with E-state index in [1.54, 1.807) is 30.6 Å². The molecule has 0 bridgehead atoms. The Labute approximate surface area is 347 Å². The lowest BCUT2D eigenvalue weighted by Gasteiger charge is -2.23. The molecule has 0 amide bonds. The van der Waals surface area contributed by atoms with Gasteiger partial charge in [0.25, 0.3) is 0 Å². The van der Waals surface area contributed by atoms with Gasteiger partial charge in [-0.05, 0) is 139 Å². The normalized spacial score (nSPS) is 11.8. The first kappa shape index (κ1) is 40.7. The van der Waals surface area contributed by atoms with Gasteiger partial charge < -0.3 is 18.4 Å². The molecular formula is C50H48N2O6S. The van der Waals surface area contributed by atoms with Crippen LogP contribution in [0.5, 0.6) is 23.0 Å². The average Bonchev–Trinajstić information content (AvgIpc) is 3.22. The van der Waals surface area contributed by atoms with Crippen LogP contribution >= 0.6 is 0 Å². The molecule has 8 nitrogen and oxygen atoms in total. The number of benzene rings is 5. The lowest BCUT2D eigenvalue weighted by atomic mass is 9.86. The Bertz CT molecular complexity index is 2630. The van der Waals surface area contributed by atoms with Gasteiger partial charge in [-0.25, -0.2) is 0 Å². The molecule has 0 saturated heterocycles. The molecule has 0 spiro atoms. The maximum absolute atomic E-state index is 14.2. The van der Waals surface area contributed by atoms with E-state index >= 15 is 0 Å². The summed E-state index contributed by atoms with van der Waals surface area (Å²) in [7, 11) is -4.30. The van der Waals surface area contributed by atoms with Crippen molar-refractivity contribution < 1.29 is 26.8 Å². The number of nitrogens with zero attached hydrogens (tertiary/aromatic N) is 2. The van der Waals surface area contributed by atoms with Crippen molar-refractivity contribution in [1.82, 2.24) is 9.97 Å². The monoisotopic (exact) mass is 804 g/mol. The third kappa shape index (κ3) is 10.4. The molecule has 7 aromatic rings. The quantitative estimate of drug-likeness (QED) is 0.106. The number of rotatable bonds is 13. The molecule has 0 unspecified atom stereocenters. The number of aromatic nitrogens is 2. The molecule has 0 saturated carbocycles. The Kier molecular flexibility index (Phi) is 11.9. The summed E-state index contributed by atoms with van der Waals surface area (Å²) in [5, 5.41) is 0. The van der Waals surface area contributed by atoms with Crippen molar-refractivity contribution in [3.8, 4) is 56.4 Å². The largest absolute Gasteiger partial charge is 0.488 e. The van der Waals surface area contributed by atoms with Crippen LogP contribution in [0.1, 0.15) is 58.5 Å². The van der Waals surface area contributed by atoms with Crippen molar-refractivity contribution in [1.29, 1.82) is 0 Å². The van der Waals surface area contributed by atoms with E-state index in [4.69, 9.17) is 18.4 Å². The van der Waals surface area contributed by atoms with Gasteiger partial charge in [-0.3, -0.25) is 9.97 Å². The third-order valence-corrected chi connectivity index (χ3v) is 10.7. The van der Waals surface area contributed by atoms with E-state index in [1.807, 2.05) is 148 Å². The Balaban J connectivity index is 1.42. The first-order valence-corrected chi connectivity index (χ1v) is 20.9. The summed E-state index contributed by atoms with van der Waals surface area (Å²) in [5.41, 5.74) is 6.37. The number of hydrogen-bond donors (Lipinski definition) is 0. The highest BCUT2D eigenvalue weighted by Gasteiger charge is 2.26. The number of hydrogen-bond acceptors (Lipinski definition) is 8. The maximum Gasteiger partial charge on any atom is 0.339 e. The highest BCUT2D eigenvalue weighted by Crippen LogP contribution is 2.48. The molecule has 0 N–H and O–H groups in total. The van der Waals surface area contributed by atoms with E-state index in [1.165, 1.54) is 0 Å². The molecule has 0 fully saturated rings. The smallest absolute Gasteiger partial charge is 0.339 e. The molecule has 2 aromatic heterocycles. The van der Waals surface area contributed by atoms with Crippen molar-refractivity contribution in [3.05, 3.63) is 175 Å². The summed E-state index contributed by atoms with van der Waals surface area (Å²) < 4.78 is 53.5. The Hall–Kier alpha value is -6.45. The van der Waals surface area contributed by atoms with E-state index in [9.17, 15) is 8.42 Å². The maximum atomic E-state index is 14.2. The predicted octanol–water partition coefficient (Wildman–Crippen LogP) is 11.9. The SMILES string of the molecule is CC(C)(C)Oc1cccc(-c2ccc(OS(=O)(=O)c3ccc(C(C)(C)C)cc3)c(-c3cccc(OCc4ccccn4)c3)c2-c2cccc(OCc3ccccn3)c2)c1. The molecule has 0 aliphatic carbocycles. The molecule has 0 atom stereocenters. The standard InChI is InChI=1S/C50H48N2O6S/c1-49(2,3)38-22-24-44(25-23-38)59(53,54)58-46-27-26-45(35-14-11-21-43(30-35)57-50(4,5)6)47(36-15-12-19-41(31-36)55-33-39-17-7-9-28-51-39)48(46)37-16-13-20-42(32-37)56-34-40-18-8-10-29-52-40/h7-32H,33-34H2,1-6H3. The fourth-order valence-electron chi connectivity index (χ4n) is 6.61. The molecule has 0 radical (unpaired) electrons. The van der Waals surface area contributed by atoms with Crippen LogP contribution in [0.4, 0.5) is 0 Å².